The zero-order chi connectivity index (χ0) is 18.9. The summed E-state index contributed by atoms with van der Waals surface area (Å²) < 4.78 is 0.801. The number of hydrogen-bond acceptors (Lipinski definition) is 4. The van der Waals surface area contributed by atoms with Gasteiger partial charge >= 0.3 is 0 Å². The minimum Gasteiger partial charge on any atom is -0.375 e. The Morgan fingerprint density at radius 3 is 2.50 bits per heavy atom. The van der Waals surface area contributed by atoms with E-state index in [1.165, 1.54) is 5.69 Å². The van der Waals surface area contributed by atoms with Crippen LogP contribution in [0.5, 0.6) is 0 Å². The lowest BCUT2D eigenvalue weighted by atomic mass is 10.2. The molecule has 1 amide bonds. The number of halogens is 2. The first kappa shape index (κ1) is 20.3. The zero-order valence-electron chi connectivity index (χ0n) is 14.8. The maximum atomic E-state index is 11.9. The molecule has 0 bridgehead atoms. The summed E-state index contributed by atoms with van der Waals surface area (Å²) in [6.07, 6.45) is 1.63. The van der Waals surface area contributed by atoms with Gasteiger partial charge in [0.25, 0.3) is 5.91 Å². The minimum absolute atomic E-state index is 0.110. The molecule has 0 aromatic heterocycles. The van der Waals surface area contributed by atoms with Crippen LogP contribution in [-0.4, -0.2) is 31.8 Å². The quantitative estimate of drug-likeness (QED) is 0.472. The number of amides is 1. The van der Waals surface area contributed by atoms with Crippen molar-refractivity contribution < 1.29 is 4.79 Å². The highest BCUT2D eigenvalue weighted by atomic mass is 79.9. The SMILES string of the molecule is CCN(CC)c1ccc(/C=N/NC(=O)CNc2ccc(Cl)cc2Br)cc1. The lowest BCUT2D eigenvalue weighted by Gasteiger charge is -2.20. The van der Waals surface area contributed by atoms with Crippen molar-refractivity contribution in [2.45, 2.75) is 13.8 Å². The molecule has 138 valence electrons. The fourth-order valence-electron chi connectivity index (χ4n) is 2.39. The largest absolute Gasteiger partial charge is 0.375 e. The number of nitrogens with one attached hydrogen (secondary N) is 2. The molecule has 0 aliphatic heterocycles. The molecule has 26 heavy (non-hydrogen) atoms. The van der Waals surface area contributed by atoms with Crippen molar-refractivity contribution in [3.63, 3.8) is 0 Å². The van der Waals surface area contributed by atoms with Gasteiger partial charge in [-0.25, -0.2) is 5.43 Å². The summed E-state index contributed by atoms with van der Waals surface area (Å²) in [5.41, 5.74) is 5.40. The van der Waals surface area contributed by atoms with E-state index in [1.54, 1.807) is 24.4 Å². The highest BCUT2D eigenvalue weighted by Crippen LogP contribution is 2.25. The van der Waals surface area contributed by atoms with Crippen molar-refractivity contribution in [1.29, 1.82) is 0 Å². The van der Waals surface area contributed by atoms with Crippen LogP contribution in [-0.2, 0) is 4.79 Å². The molecule has 0 spiro atoms. The van der Waals surface area contributed by atoms with Crippen LogP contribution < -0.4 is 15.6 Å². The van der Waals surface area contributed by atoms with Gasteiger partial charge in [0.15, 0.2) is 0 Å². The van der Waals surface area contributed by atoms with E-state index in [9.17, 15) is 4.79 Å². The lowest BCUT2D eigenvalue weighted by Crippen LogP contribution is -2.26. The summed E-state index contributed by atoms with van der Waals surface area (Å²) in [5.74, 6) is -0.233. The number of anilines is 2. The Labute approximate surface area is 167 Å². The molecular weight excluding hydrogens is 416 g/mol. The molecule has 0 aliphatic carbocycles. The molecule has 0 aliphatic rings. The van der Waals surface area contributed by atoms with Gasteiger partial charge in [-0.2, -0.15) is 5.10 Å². The number of nitrogens with zero attached hydrogens (tertiary/aromatic N) is 2. The molecule has 0 unspecified atom stereocenters. The number of carbonyl (C=O) groups excluding carboxylic acids is 1. The molecule has 2 rings (SSSR count). The zero-order valence-corrected chi connectivity index (χ0v) is 17.1. The van der Waals surface area contributed by atoms with Crippen LogP contribution >= 0.6 is 27.5 Å². The van der Waals surface area contributed by atoms with Gasteiger partial charge in [-0.3, -0.25) is 4.79 Å². The van der Waals surface area contributed by atoms with E-state index in [1.807, 2.05) is 12.1 Å². The predicted octanol–water partition coefficient (Wildman–Crippen LogP) is 4.51. The van der Waals surface area contributed by atoms with Gasteiger partial charge in [0.2, 0.25) is 0 Å². The van der Waals surface area contributed by atoms with Crippen molar-refractivity contribution in [2.75, 3.05) is 29.9 Å². The Bertz CT molecular complexity index is 761. The second-order valence-electron chi connectivity index (χ2n) is 5.53. The second-order valence-corrected chi connectivity index (χ2v) is 6.83. The Kier molecular flexibility index (Phi) is 7.94. The van der Waals surface area contributed by atoms with Crippen molar-refractivity contribution in [3.05, 3.63) is 57.5 Å². The standard InChI is InChI=1S/C19H22BrClN4O/c1-3-25(4-2)16-8-5-14(6-9-16)12-23-24-19(26)13-22-18-10-7-15(21)11-17(18)20/h5-12,22H,3-4,13H2,1-2H3,(H,24,26)/b23-12+. The average Bonchev–Trinajstić information content (AvgIpc) is 2.63. The fourth-order valence-corrected chi connectivity index (χ4v) is 3.21. The molecule has 0 heterocycles. The van der Waals surface area contributed by atoms with Crippen molar-refractivity contribution in [2.24, 2.45) is 5.10 Å². The highest BCUT2D eigenvalue weighted by Gasteiger charge is 2.04. The summed E-state index contributed by atoms with van der Waals surface area (Å²) >= 11 is 9.29. The van der Waals surface area contributed by atoms with Gasteiger partial charge in [-0.05, 0) is 65.7 Å². The third kappa shape index (κ3) is 6.04. The fraction of sp³-hybridized carbons (Fsp3) is 0.263. The number of hydrazone groups is 1. The van der Waals surface area contributed by atoms with E-state index in [0.717, 1.165) is 28.8 Å². The maximum absolute atomic E-state index is 11.9. The van der Waals surface area contributed by atoms with Gasteiger partial charge in [0.1, 0.15) is 0 Å². The van der Waals surface area contributed by atoms with Crippen LogP contribution in [0.4, 0.5) is 11.4 Å². The summed E-state index contributed by atoms with van der Waals surface area (Å²) in [4.78, 5) is 14.1. The molecule has 0 saturated heterocycles. The maximum Gasteiger partial charge on any atom is 0.259 e. The highest BCUT2D eigenvalue weighted by molar-refractivity contribution is 9.10. The van der Waals surface area contributed by atoms with Crippen LogP contribution in [0.3, 0.4) is 0 Å². The molecule has 7 heteroatoms. The summed E-state index contributed by atoms with van der Waals surface area (Å²) in [7, 11) is 0. The molecule has 2 aromatic rings. The monoisotopic (exact) mass is 436 g/mol. The van der Waals surface area contributed by atoms with E-state index >= 15 is 0 Å². The summed E-state index contributed by atoms with van der Waals surface area (Å²) in [5, 5.41) is 7.65. The molecule has 0 atom stereocenters. The Hall–Kier alpha value is -2.05. The average molecular weight is 438 g/mol. The molecule has 5 nitrogen and oxygen atoms in total. The first-order valence-corrected chi connectivity index (χ1v) is 9.56. The normalized spacial score (nSPS) is 10.8. The van der Waals surface area contributed by atoms with Crippen LogP contribution in [0.1, 0.15) is 19.4 Å². The summed E-state index contributed by atoms with van der Waals surface area (Å²) in [6, 6.07) is 13.4. The first-order valence-electron chi connectivity index (χ1n) is 8.39. The van der Waals surface area contributed by atoms with E-state index in [-0.39, 0.29) is 12.5 Å². The number of hydrogen-bond donors (Lipinski definition) is 2. The van der Waals surface area contributed by atoms with E-state index in [4.69, 9.17) is 11.6 Å². The van der Waals surface area contributed by atoms with Crippen LogP contribution in [0, 0.1) is 0 Å². The van der Waals surface area contributed by atoms with Gasteiger partial charge in [0.05, 0.1) is 12.8 Å². The third-order valence-electron chi connectivity index (χ3n) is 3.80. The summed E-state index contributed by atoms with van der Waals surface area (Å²) in [6.45, 7) is 6.31. The second kappa shape index (κ2) is 10.2. The molecule has 0 radical (unpaired) electrons. The first-order chi connectivity index (χ1) is 12.5. The molecule has 0 fully saturated rings. The van der Waals surface area contributed by atoms with Gasteiger partial charge in [-0.15, -0.1) is 0 Å². The van der Waals surface area contributed by atoms with E-state index in [0.29, 0.717) is 5.02 Å². The predicted molar refractivity (Wildman–Crippen MR) is 113 cm³/mol. The van der Waals surface area contributed by atoms with Crippen LogP contribution in [0.25, 0.3) is 0 Å². The minimum atomic E-state index is -0.233. The molecule has 0 saturated carbocycles. The van der Waals surface area contributed by atoms with Crippen molar-refractivity contribution >= 4 is 51.0 Å². The number of benzene rings is 2. The van der Waals surface area contributed by atoms with Crippen LogP contribution in [0.15, 0.2) is 52.0 Å². The van der Waals surface area contributed by atoms with Gasteiger partial charge in [-0.1, -0.05) is 23.7 Å². The lowest BCUT2D eigenvalue weighted by molar-refractivity contribution is -0.119. The van der Waals surface area contributed by atoms with Crippen LogP contribution in [0.2, 0.25) is 5.02 Å². The van der Waals surface area contributed by atoms with Gasteiger partial charge < -0.3 is 10.2 Å². The molecule has 2 aromatic carbocycles. The topological polar surface area (TPSA) is 56.7 Å². The van der Waals surface area contributed by atoms with E-state index < -0.39 is 0 Å². The van der Waals surface area contributed by atoms with Crippen molar-refractivity contribution in [1.82, 2.24) is 5.43 Å². The number of rotatable bonds is 8. The Morgan fingerprint density at radius 2 is 1.88 bits per heavy atom. The molecule has 2 N–H and O–H groups in total. The van der Waals surface area contributed by atoms with Crippen molar-refractivity contribution in [3.8, 4) is 0 Å². The molecular formula is C19H22BrClN4O. The Balaban J connectivity index is 1.83. The Morgan fingerprint density at radius 1 is 1.19 bits per heavy atom. The van der Waals surface area contributed by atoms with Gasteiger partial charge in [0, 0.05) is 34.0 Å². The third-order valence-corrected chi connectivity index (χ3v) is 4.69. The van der Waals surface area contributed by atoms with E-state index in [2.05, 4.69) is 62.7 Å². The smallest absolute Gasteiger partial charge is 0.259 e. The number of carbonyl (C=O) groups is 1.